The van der Waals surface area contributed by atoms with Crippen molar-refractivity contribution in [3.63, 3.8) is 0 Å². The van der Waals surface area contributed by atoms with E-state index in [9.17, 15) is 19.7 Å². The molecule has 0 unspecified atom stereocenters. The van der Waals surface area contributed by atoms with Crippen LogP contribution < -0.4 is 16.0 Å². The Morgan fingerprint density at radius 1 is 1.15 bits per heavy atom. The van der Waals surface area contributed by atoms with Crippen LogP contribution in [0.4, 0.5) is 5.69 Å². The molecule has 1 N–H and O–H groups in total. The molecule has 0 atom stereocenters. The van der Waals surface area contributed by atoms with Crippen LogP contribution in [0.3, 0.4) is 0 Å². The predicted octanol–water partition coefficient (Wildman–Crippen LogP) is 4.02. The number of hydrogen-bond acceptors (Lipinski definition) is 6. The summed E-state index contributed by atoms with van der Waals surface area (Å²) in [5, 5.41) is 15.8. The van der Waals surface area contributed by atoms with Gasteiger partial charge in [0.25, 0.3) is 5.56 Å². The highest BCUT2D eigenvalue weighted by molar-refractivity contribution is 6.32. The summed E-state index contributed by atoms with van der Waals surface area (Å²) < 4.78 is 6.29. The molecule has 1 heterocycles. The largest absolute Gasteiger partial charge is 0.481 e. The van der Waals surface area contributed by atoms with Gasteiger partial charge in [0.15, 0.2) is 0 Å². The Kier molecular flexibility index (Phi) is 6.05. The number of halogens is 1. The summed E-state index contributed by atoms with van der Waals surface area (Å²) in [5.41, 5.74) is 0.735. The van der Waals surface area contributed by atoms with Crippen LogP contribution in [0.15, 0.2) is 75.4 Å². The number of nitrogens with one attached hydrogen (secondary N) is 1. The third-order valence-electron chi connectivity index (χ3n) is 4.81. The van der Waals surface area contributed by atoms with E-state index in [1.165, 1.54) is 12.1 Å². The van der Waals surface area contributed by atoms with Gasteiger partial charge < -0.3 is 9.72 Å². The summed E-state index contributed by atoms with van der Waals surface area (Å²) >= 11 is 6.27. The molecule has 166 valence electrons. The molecule has 0 aliphatic carbocycles. The van der Waals surface area contributed by atoms with Crippen molar-refractivity contribution in [3.8, 4) is 5.75 Å². The summed E-state index contributed by atoms with van der Waals surface area (Å²) in [4.78, 5) is 38.4. The molecule has 0 saturated carbocycles. The second-order valence-corrected chi connectivity index (χ2v) is 7.63. The summed E-state index contributed by atoms with van der Waals surface area (Å²) in [7, 11) is 0. The number of para-hydroxylation sites is 1. The highest BCUT2D eigenvalue weighted by Gasteiger charge is 2.20. The van der Waals surface area contributed by atoms with Gasteiger partial charge in [-0.1, -0.05) is 53.6 Å². The zero-order valence-corrected chi connectivity index (χ0v) is 18.1. The first kappa shape index (κ1) is 22.0. The van der Waals surface area contributed by atoms with Gasteiger partial charge in [-0.3, -0.25) is 14.9 Å². The molecule has 0 amide bonds. The fraction of sp³-hybridized carbons (Fsp3) is 0.0870. The molecule has 0 bridgehead atoms. The number of aromatic nitrogens is 2. The maximum atomic E-state index is 12.6. The minimum atomic E-state index is -0.742. The van der Waals surface area contributed by atoms with Gasteiger partial charge in [0.2, 0.25) is 5.75 Å². The summed E-state index contributed by atoms with van der Waals surface area (Å²) in [6.07, 6.45) is 1.15. The molecule has 1 aromatic heterocycles. The minimum absolute atomic E-state index is 0.00179. The number of hydrogen-bond donors (Lipinski definition) is 1. The Bertz CT molecular complexity index is 1520. The number of ether oxygens (including phenoxy) is 1. The summed E-state index contributed by atoms with van der Waals surface area (Å²) in [6, 6.07) is 16.7. The van der Waals surface area contributed by atoms with E-state index in [4.69, 9.17) is 16.3 Å². The lowest BCUT2D eigenvalue weighted by Crippen LogP contribution is -2.32. The molecular formula is C23H17ClN4O5. The molecular weight excluding hydrogens is 448 g/mol. The van der Waals surface area contributed by atoms with Crippen molar-refractivity contribution in [2.24, 2.45) is 5.10 Å². The Labute approximate surface area is 191 Å². The van der Waals surface area contributed by atoms with Crippen LogP contribution in [0.25, 0.3) is 10.9 Å². The Morgan fingerprint density at radius 3 is 2.70 bits per heavy atom. The normalized spacial score (nSPS) is 11.2. The van der Waals surface area contributed by atoms with Crippen LogP contribution in [0.1, 0.15) is 16.7 Å². The van der Waals surface area contributed by atoms with Crippen LogP contribution in [0.2, 0.25) is 5.02 Å². The van der Waals surface area contributed by atoms with Gasteiger partial charge in [-0.15, -0.1) is 4.68 Å². The van der Waals surface area contributed by atoms with E-state index >= 15 is 0 Å². The van der Waals surface area contributed by atoms with Crippen LogP contribution in [0.5, 0.6) is 5.75 Å². The molecule has 0 saturated heterocycles. The maximum absolute atomic E-state index is 12.6. The first-order valence-corrected chi connectivity index (χ1v) is 10.2. The second-order valence-electron chi connectivity index (χ2n) is 7.22. The Hall–Kier alpha value is -4.24. The lowest BCUT2D eigenvalue weighted by Gasteiger charge is -2.10. The highest BCUT2D eigenvalue weighted by Crippen LogP contribution is 2.36. The van der Waals surface area contributed by atoms with Gasteiger partial charge in [-0.2, -0.15) is 5.10 Å². The maximum Gasteiger partial charge on any atom is 0.349 e. The number of nitrogens with zero attached hydrogens (tertiary/aromatic N) is 3. The number of benzene rings is 3. The van der Waals surface area contributed by atoms with E-state index in [1.54, 1.807) is 24.3 Å². The number of aryl methyl sites for hydroxylation is 1. The molecule has 0 spiro atoms. The zero-order chi connectivity index (χ0) is 23.5. The standard InChI is InChI=1S/C23H17ClN4O5/c1-14-5-4-6-15(9-14)13-33-21-18(24)10-16(11-20(21)28(31)32)12-25-27-22(29)17-7-2-3-8-19(17)26-23(27)30/h2-12H,13H2,1H3,(H,26,30). The number of fused-ring (bicyclic) bond motifs is 1. The first-order valence-electron chi connectivity index (χ1n) is 9.78. The van der Waals surface area contributed by atoms with Gasteiger partial charge in [0, 0.05) is 11.6 Å². The molecule has 9 nitrogen and oxygen atoms in total. The Morgan fingerprint density at radius 2 is 1.94 bits per heavy atom. The SMILES string of the molecule is Cc1cccc(COc2c(Cl)cc(C=Nn3c(=O)[nH]c4ccccc4c3=O)cc2[N+](=O)[O-])c1. The molecule has 10 heteroatoms. The third kappa shape index (κ3) is 4.68. The number of aromatic amines is 1. The molecule has 0 radical (unpaired) electrons. The van der Waals surface area contributed by atoms with Crippen molar-refractivity contribution in [2.45, 2.75) is 13.5 Å². The van der Waals surface area contributed by atoms with E-state index in [0.717, 1.165) is 17.3 Å². The average molecular weight is 465 g/mol. The topological polar surface area (TPSA) is 120 Å². The van der Waals surface area contributed by atoms with Crippen LogP contribution in [-0.2, 0) is 6.61 Å². The Balaban J connectivity index is 1.68. The minimum Gasteiger partial charge on any atom is -0.481 e. The smallest absolute Gasteiger partial charge is 0.349 e. The van der Waals surface area contributed by atoms with Crippen molar-refractivity contribution in [2.75, 3.05) is 0 Å². The number of nitro groups is 1. The number of rotatable bonds is 6. The van der Waals surface area contributed by atoms with E-state index in [1.807, 2.05) is 31.2 Å². The van der Waals surface area contributed by atoms with Crippen molar-refractivity contribution in [1.82, 2.24) is 9.66 Å². The molecule has 4 aromatic rings. The predicted molar refractivity (Wildman–Crippen MR) is 125 cm³/mol. The van der Waals surface area contributed by atoms with Gasteiger partial charge in [0.1, 0.15) is 6.61 Å². The van der Waals surface area contributed by atoms with Crippen molar-refractivity contribution in [1.29, 1.82) is 0 Å². The molecule has 33 heavy (non-hydrogen) atoms. The second kappa shape index (κ2) is 9.09. The van der Waals surface area contributed by atoms with Gasteiger partial charge in [0.05, 0.1) is 27.1 Å². The summed E-state index contributed by atoms with van der Waals surface area (Å²) in [5.74, 6) is -0.0824. The van der Waals surface area contributed by atoms with Gasteiger partial charge in [-0.25, -0.2) is 4.79 Å². The zero-order valence-electron chi connectivity index (χ0n) is 17.3. The lowest BCUT2D eigenvalue weighted by molar-refractivity contribution is -0.385. The van der Waals surface area contributed by atoms with E-state index < -0.39 is 16.2 Å². The molecule has 4 rings (SSSR count). The lowest BCUT2D eigenvalue weighted by atomic mass is 10.1. The van der Waals surface area contributed by atoms with Crippen molar-refractivity contribution in [3.05, 3.63) is 113 Å². The summed E-state index contributed by atoms with van der Waals surface area (Å²) in [6.45, 7) is 2.02. The fourth-order valence-electron chi connectivity index (χ4n) is 3.29. The third-order valence-corrected chi connectivity index (χ3v) is 5.10. The van der Waals surface area contributed by atoms with E-state index in [-0.39, 0.29) is 34.0 Å². The molecule has 0 fully saturated rings. The van der Waals surface area contributed by atoms with Gasteiger partial charge in [-0.05, 0) is 30.7 Å². The highest BCUT2D eigenvalue weighted by atomic mass is 35.5. The molecule has 0 aliphatic heterocycles. The quantitative estimate of drug-likeness (QED) is 0.262. The average Bonchev–Trinajstić information content (AvgIpc) is 2.78. The van der Waals surface area contributed by atoms with Crippen molar-refractivity contribution < 1.29 is 9.66 Å². The first-order chi connectivity index (χ1) is 15.8. The fourth-order valence-corrected chi connectivity index (χ4v) is 3.57. The van der Waals surface area contributed by atoms with Crippen LogP contribution >= 0.6 is 11.6 Å². The van der Waals surface area contributed by atoms with Crippen molar-refractivity contribution >= 4 is 34.4 Å². The molecule has 3 aromatic carbocycles. The monoisotopic (exact) mass is 464 g/mol. The molecule has 0 aliphatic rings. The van der Waals surface area contributed by atoms with E-state index in [0.29, 0.717) is 10.2 Å². The van der Waals surface area contributed by atoms with Gasteiger partial charge >= 0.3 is 11.4 Å². The number of H-pyrrole nitrogens is 1. The van der Waals surface area contributed by atoms with E-state index in [2.05, 4.69) is 10.1 Å². The van der Waals surface area contributed by atoms with Crippen LogP contribution in [0, 0.1) is 17.0 Å². The van der Waals surface area contributed by atoms with Crippen LogP contribution in [-0.4, -0.2) is 20.8 Å². The number of nitro benzene ring substituents is 1.